The van der Waals surface area contributed by atoms with Gasteiger partial charge in [-0.1, -0.05) is 11.6 Å². The maximum atomic E-state index is 8.97. The van der Waals surface area contributed by atoms with Crippen LogP contribution >= 0.6 is 11.6 Å². The van der Waals surface area contributed by atoms with E-state index >= 15 is 0 Å². The molecule has 5 nitrogen and oxygen atoms in total. The Morgan fingerprint density at radius 1 is 1.50 bits per heavy atom. The van der Waals surface area contributed by atoms with Gasteiger partial charge in [0, 0.05) is 25.0 Å². The van der Waals surface area contributed by atoms with Crippen LogP contribution in [0.3, 0.4) is 0 Å². The van der Waals surface area contributed by atoms with Crippen molar-refractivity contribution in [2.24, 2.45) is 7.05 Å². The summed E-state index contributed by atoms with van der Waals surface area (Å²) in [5.74, 6) is 0.769. The van der Waals surface area contributed by atoms with Gasteiger partial charge in [0.2, 0.25) is 0 Å². The van der Waals surface area contributed by atoms with Crippen LogP contribution in [0.25, 0.3) is 0 Å². The second kappa shape index (κ2) is 5.52. The molecule has 2 aromatic rings. The molecule has 0 saturated carbocycles. The summed E-state index contributed by atoms with van der Waals surface area (Å²) >= 11 is 5.90. The van der Waals surface area contributed by atoms with Crippen molar-refractivity contribution < 1.29 is 0 Å². The van der Waals surface area contributed by atoms with Gasteiger partial charge in [0.25, 0.3) is 0 Å². The number of nitrogens with one attached hydrogen (secondary N) is 1. The Balaban J connectivity index is 1.98. The summed E-state index contributed by atoms with van der Waals surface area (Å²) in [7, 11) is 1.83. The van der Waals surface area contributed by atoms with E-state index in [1.165, 1.54) is 0 Å². The topological polar surface area (TPSA) is 66.5 Å². The van der Waals surface area contributed by atoms with E-state index in [9.17, 15) is 0 Å². The van der Waals surface area contributed by atoms with Gasteiger partial charge in [0.05, 0.1) is 11.3 Å². The highest BCUT2D eigenvalue weighted by Gasteiger charge is 2.03. The zero-order valence-corrected chi connectivity index (χ0v) is 10.6. The molecule has 1 aromatic carbocycles. The highest BCUT2D eigenvalue weighted by atomic mass is 35.5. The Hall–Kier alpha value is -2.06. The normalized spacial score (nSPS) is 10.1. The van der Waals surface area contributed by atoms with Gasteiger partial charge in [-0.05, 0) is 18.2 Å². The summed E-state index contributed by atoms with van der Waals surface area (Å²) < 4.78 is 1.66. The molecule has 0 fully saturated rings. The molecule has 0 saturated heterocycles. The van der Waals surface area contributed by atoms with Crippen molar-refractivity contribution in [3.05, 3.63) is 40.9 Å². The Bertz CT molecular complexity index is 584. The number of aromatic nitrogens is 3. The third-order valence-electron chi connectivity index (χ3n) is 2.41. The van der Waals surface area contributed by atoms with Crippen LogP contribution in [0.15, 0.2) is 24.5 Å². The Morgan fingerprint density at radius 3 is 3.00 bits per heavy atom. The molecule has 0 amide bonds. The van der Waals surface area contributed by atoms with Crippen LogP contribution in [0.5, 0.6) is 0 Å². The fraction of sp³-hybridized carbons (Fsp3) is 0.250. The fourth-order valence-electron chi connectivity index (χ4n) is 1.57. The van der Waals surface area contributed by atoms with Crippen LogP contribution < -0.4 is 5.32 Å². The van der Waals surface area contributed by atoms with E-state index in [-0.39, 0.29) is 0 Å². The van der Waals surface area contributed by atoms with Gasteiger partial charge in [-0.3, -0.25) is 4.68 Å². The lowest BCUT2D eigenvalue weighted by atomic mass is 10.2. The van der Waals surface area contributed by atoms with Crippen molar-refractivity contribution >= 4 is 17.3 Å². The predicted octanol–water partition coefficient (Wildman–Crippen LogP) is 1.99. The monoisotopic (exact) mass is 261 g/mol. The van der Waals surface area contributed by atoms with Crippen molar-refractivity contribution in [1.82, 2.24) is 14.8 Å². The highest BCUT2D eigenvalue weighted by Crippen LogP contribution is 2.20. The van der Waals surface area contributed by atoms with Crippen molar-refractivity contribution in [2.75, 3.05) is 11.9 Å². The number of nitriles is 1. The lowest BCUT2D eigenvalue weighted by molar-refractivity contribution is 0.742. The molecule has 1 N–H and O–H groups in total. The van der Waals surface area contributed by atoms with Crippen LogP contribution in [0.2, 0.25) is 5.02 Å². The summed E-state index contributed by atoms with van der Waals surface area (Å²) in [6.07, 6.45) is 2.35. The number of nitrogens with zero attached hydrogens (tertiary/aromatic N) is 4. The first-order valence-corrected chi connectivity index (χ1v) is 5.85. The van der Waals surface area contributed by atoms with Crippen LogP contribution in [0.1, 0.15) is 11.4 Å². The highest BCUT2D eigenvalue weighted by molar-refractivity contribution is 6.30. The van der Waals surface area contributed by atoms with Gasteiger partial charge < -0.3 is 5.32 Å². The number of rotatable bonds is 4. The number of hydrogen-bond donors (Lipinski definition) is 1. The second-order valence-electron chi connectivity index (χ2n) is 3.81. The van der Waals surface area contributed by atoms with Crippen LogP contribution in [-0.4, -0.2) is 21.3 Å². The molecule has 1 heterocycles. The molecule has 0 aliphatic carbocycles. The molecule has 6 heteroatoms. The molecule has 0 aliphatic heterocycles. The molecule has 18 heavy (non-hydrogen) atoms. The van der Waals surface area contributed by atoms with Crippen LogP contribution in [0, 0.1) is 11.3 Å². The van der Waals surface area contributed by atoms with E-state index in [1.54, 1.807) is 29.2 Å². The van der Waals surface area contributed by atoms with Crippen LogP contribution in [-0.2, 0) is 13.5 Å². The van der Waals surface area contributed by atoms with Gasteiger partial charge in [-0.2, -0.15) is 10.4 Å². The summed E-state index contributed by atoms with van der Waals surface area (Å²) in [5, 5.41) is 16.9. The lowest BCUT2D eigenvalue weighted by Crippen LogP contribution is -2.07. The quantitative estimate of drug-likeness (QED) is 0.914. The first-order chi connectivity index (χ1) is 8.69. The van der Waals surface area contributed by atoms with E-state index in [2.05, 4.69) is 21.5 Å². The first-order valence-electron chi connectivity index (χ1n) is 5.47. The summed E-state index contributed by atoms with van der Waals surface area (Å²) in [6, 6.07) is 7.26. The van der Waals surface area contributed by atoms with Gasteiger partial charge in [-0.25, -0.2) is 4.98 Å². The molecule has 1 aromatic heterocycles. The molecular weight excluding hydrogens is 250 g/mol. The maximum Gasteiger partial charge on any atom is 0.152 e. The molecule has 92 valence electrons. The van der Waals surface area contributed by atoms with Crippen molar-refractivity contribution in [3.8, 4) is 6.07 Å². The van der Waals surface area contributed by atoms with Gasteiger partial charge >= 0.3 is 0 Å². The number of halogens is 1. The second-order valence-corrected chi connectivity index (χ2v) is 4.25. The SMILES string of the molecule is Cn1cnc(CCNc2cc(Cl)ccc2C#N)n1. The maximum absolute atomic E-state index is 8.97. The predicted molar refractivity (Wildman–Crippen MR) is 69.4 cm³/mol. The molecular formula is C12H12ClN5. The average molecular weight is 262 g/mol. The number of hydrogen-bond acceptors (Lipinski definition) is 4. The molecule has 2 rings (SSSR count). The van der Waals surface area contributed by atoms with E-state index in [0.29, 0.717) is 23.6 Å². The minimum Gasteiger partial charge on any atom is -0.383 e. The van der Waals surface area contributed by atoms with Gasteiger partial charge in [0.1, 0.15) is 12.4 Å². The molecule has 0 spiro atoms. The summed E-state index contributed by atoms with van der Waals surface area (Å²) in [5.41, 5.74) is 1.31. The standard InChI is InChI=1S/C12H12ClN5/c1-18-8-16-12(17-18)4-5-15-11-6-10(13)3-2-9(11)7-14/h2-3,6,8,15H,4-5H2,1H3. The van der Waals surface area contributed by atoms with Crippen LogP contribution in [0.4, 0.5) is 5.69 Å². The largest absolute Gasteiger partial charge is 0.383 e. The van der Waals surface area contributed by atoms with E-state index in [0.717, 1.165) is 11.5 Å². The van der Waals surface area contributed by atoms with Crippen molar-refractivity contribution in [1.29, 1.82) is 5.26 Å². The molecule has 0 aliphatic rings. The van der Waals surface area contributed by atoms with E-state index in [1.807, 2.05) is 7.05 Å². The third-order valence-corrected chi connectivity index (χ3v) is 2.65. The Labute approximate surface area is 110 Å². The minimum atomic E-state index is 0.577. The first kappa shape index (κ1) is 12.4. The molecule has 0 atom stereocenters. The number of benzene rings is 1. The van der Waals surface area contributed by atoms with Gasteiger partial charge in [0.15, 0.2) is 5.82 Å². The van der Waals surface area contributed by atoms with Gasteiger partial charge in [-0.15, -0.1) is 0 Å². The van der Waals surface area contributed by atoms with Crippen molar-refractivity contribution in [2.45, 2.75) is 6.42 Å². The molecule has 0 unspecified atom stereocenters. The van der Waals surface area contributed by atoms with E-state index in [4.69, 9.17) is 16.9 Å². The average Bonchev–Trinajstić information content (AvgIpc) is 2.75. The molecule has 0 bridgehead atoms. The fourth-order valence-corrected chi connectivity index (χ4v) is 1.74. The molecule has 0 radical (unpaired) electrons. The summed E-state index contributed by atoms with van der Waals surface area (Å²) in [6.45, 7) is 0.652. The zero-order chi connectivity index (χ0) is 13.0. The van der Waals surface area contributed by atoms with E-state index < -0.39 is 0 Å². The number of anilines is 1. The minimum absolute atomic E-state index is 0.577. The Morgan fingerprint density at radius 2 is 2.33 bits per heavy atom. The Kier molecular flexibility index (Phi) is 3.80. The smallest absolute Gasteiger partial charge is 0.152 e. The third kappa shape index (κ3) is 2.99. The lowest BCUT2D eigenvalue weighted by Gasteiger charge is -2.07. The zero-order valence-electron chi connectivity index (χ0n) is 9.89. The summed E-state index contributed by atoms with van der Waals surface area (Å²) in [4.78, 5) is 4.13. The number of aryl methyl sites for hydroxylation is 1. The van der Waals surface area contributed by atoms with Crippen molar-refractivity contribution in [3.63, 3.8) is 0 Å².